The molecule has 116 valence electrons. The Labute approximate surface area is 133 Å². The predicted octanol–water partition coefficient (Wildman–Crippen LogP) is 2.87. The van der Waals surface area contributed by atoms with Crippen LogP contribution in [0, 0.1) is 6.92 Å². The van der Waals surface area contributed by atoms with E-state index in [9.17, 15) is 4.79 Å². The molecule has 1 aromatic heterocycles. The third-order valence-electron chi connectivity index (χ3n) is 3.94. The molecule has 22 heavy (non-hydrogen) atoms. The third-order valence-corrected chi connectivity index (χ3v) is 4.94. The van der Waals surface area contributed by atoms with Crippen molar-refractivity contribution in [1.82, 2.24) is 15.1 Å². The molecular formula is C16H19N3O2S. The lowest BCUT2D eigenvalue weighted by molar-refractivity contribution is 0.0707. The van der Waals surface area contributed by atoms with E-state index >= 15 is 0 Å². The van der Waals surface area contributed by atoms with Crippen molar-refractivity contribution < 1.29 is 9.53 Å². The van der Waals surface area contributed by atoms with Crippen LogP contribution in [0.15, 0.2) is 24.3 Å². The van der Waals surface area contributed by atoms with Crippen LogP contribution in [-0.4, -0.2) is 41.2 Å². The molecule has 1 unspecified atom stereocenters. The van der Waals surface area contributed by atoms with Gasteiger partial charge < -0.3 is 9.64 Å². The number of piperidine rings is 1. The van der Waals surface area contributed by atoms with Crippen LogP contribution in [0.5, 0.6) is 5.75 Å². The standard InChI is InChI=1S/C16H19N3O2S/c1-11-17-18-15(22-11)13-4-3-9-19(10-13)16(20)12-5-7-14(21-2)8-6-12/h5-8,13H,3-4,9-10H2,1-2H3. The number of hydrogen-bond donors (Lipinski definition) is 0. The van der Waals surface area contributed by atoms with Crippen molar-refractivity contribution in [3.8, 4) is 5.75 Å². The second kappa shape index (κ2) is 6.44. The Morgan fingerprint density at radius 3 is 2.73 bits per heavy atom. The zero-order valence-electron chi connectivity index (χ0n) is 12.8. The Morgan fingerprint density at radius 2 is 2.09 bits per heavy atom. The summed E-state index contributed by atoms with van der Waals surface area (Å²) in [5, 5.41) is 10.4. The van der Waals surface area contributed by atoms with Crippen molar-refractivity contribution in [2.45, 2.75) is 25.7 Å². The highest BCUT2D eigenvalue weighted by atomic mass is 32.1. The summed E-state index contributed by atoms with van der Waals surface area (Å²) in [6.45, 7) is 3.49. The zero-order valence-corrected chi connectivity index (χ0v) is 13.6. The summed E-state index contributed by atoms with van der Waals surface area (Å²) >= 11 is 1.63. The minimum atomic E-state index is 0.0774. The molecule has 1 aliphatic rings. The van der Waals surface area contributed by atoms with Crippen LogP contribution in [0.3, 0.4) is 0 Å². The van der Waals surface area contributed by atoms with Crippen LogP contribution < -0.4 is 4.74 Å². The molecule has 5 nitrogen and oxygen atoms in total. The Balaban J connectivity index is 1.71. The van der Waals surface area contributed by atoms with E-state index in [1.807, 2.05) is 36.1 Å². The molecule has 6 heteroatoms. The Bertz CT molecular complexity index is 654. The van der Waals surface area contributed by atoms with Gasteiger partial charge in [-0.2, -0.15) is 0 Å². The minimum absolute atomic E-state index is 0.0774. The number of amides is 1. The van der Waals surface area contributed by atoms with E-state index in [2.05, 4.69) is 10.2 Å². The molecule has 1 atom stereocenters. The van der Waals surface area contributed by atoms with Crippen molar-refractivity contribution in [1.29, 1.82) is 0 Å². The van der Waals surface area contributed by atoms with Gasteiger partial charge in [0.2, 0.25) is 0 Å². The van der Waals surface area contributed by atoms with Crippen LogP contribution in [0.1, 0.15) is 39.1 Å². The minimum Gasteiger partial charge on any atom is -0.497 e. The average Bonchev–Trinajstić information content (AvgIpc) is 3.01. The van der Waals surface area contributed by atoms with Crippen molar-refractivity contribution in [2.24, 2.45) is 0 Å². The molecule has 0 aliphatic carbocycles. The highest BCUT2D eigenvalue weighted by Gasteiger charge is 2.27. The Hall–Kier alpha value is -1.95. The monoisotopic (exact) mass is 317 g/mol. The summed E-state index contributed by atoms with van der Waals surface area (Å²) in [5.41, 5.74) is 0.704. The van der Waals surface area contributed by atoms with E-state index < -0.39 is 0 Å². The van der Waals surface area contributed by atoms with Crippen LogP contribution in [0.25, 0.3) is 0 Å². The highest BCUT2D eigenvalue weighted by molar-refractivity contribution is 7.11. The summed E-state index contributed by atoms with van der Waals surface area (Å²) in [4.78, 5) is 14.6. The fourth-order valence-corrected chi connectivity index (χ4v) is 3.58. The Morgan fingerprint density at radius 1 is 1.32 bits per heavy atom. The smallest absolute Gasteiger partial charge is 0.253 e. The first-order valence-corrected chi connectivity index (χ1v) is 8.22. The molecule has 0 N–H and O–H groups in total. The summed E-state index contributed by atoms with van der Waals surface area (Å²) in [7, 11) is 1.62. The summed E-state index contributed by atoms with van der Waals surface area (Å²) < 4.78 is 5.13. The molecule has 1 saturated heterocycles. The second-order valence-electron chi connectivity index (χ2n) is 5.48. The van der Waals surface area contributed by atoms with Gasteiger partial charge in [0, 0.05) is 24.6 Å². The Kier molecular flexibility index (Phi) is 4.38. The lowest BCUT2D eigenvalue weighted by Crippen LogP contribution is -2.39. The highest BCUT2D eigenvalue weighted by Crippen LogP contribution is 2.29. The number of hydrogen-bond acceptors (Lipinski definition) is 5. The first kappa shape index (κ1) is 15.0. The number of ether oxygens (including phenoxy) is 1. The van der Waals surface area contributed by atoms with Gasteiger partial charge in [-0.1, -0.05) is 0 Å². The van der Waals surface area contributed by atoms with Crippen molar-refractivity contribution in [2.75, 3.05) is 20.2 Å². The lowest BCUT2D eigenvalue weighted by Gasteiger charge is -2.31. The normalized spacial score (nSPS) is 18.3. The van der Waals surface area contributed by atoms with Crippen LogP contribution >= 0.6 is 11.3 Å². The summed E-state index contributed by atoms with van der Waals surface area (Å²) in [6.07, 6.45) is 2.08. The van der Waals surface area contributed by atoms with Crippen LogP contribution in [0.4, 0.5) is 0 Å². The zero-order chi connectivity index (χ0) is 15.5. The molecule has 1 aromatic carbocycles. The van der Waals surface area contributed by atoms with Crippen molar-refractivity contribution >= 4 is 17.2 Å². The quantitative estimate of drug-likeness (QED) is 0.873. The van der Waals surface area contributed by atoms with Gasteiger partial charge in [0.25, 0.3) is 5.91 Å². The first-order valence-electron chi connectivity index (χ1n) is 7.40. The van der Waals surface area contributed by atoms with Gasteiger partial charge in [-0.25, -0.2) is 0 Å². The molecule has 0 radical (unpaired) electrons. The molecule has 0 bridgehead atoms. The SMILES string of the molecule is COc1ccc(C(=O)N2CCCC(c3nnc(C)s3)C2)cc1. The second-order valence-corrected chi connectivity index (χ2v) is 6.69. The molecular weight excluding hydrogens is 298 g/mol. The molecule has 1 amide bonds. The molecule has 2 aromatic rings. The van der Waals surface area contributed by atoms with E-state index in [-0.39, 0.29) is 5.91 Å². The maximum absolute atomic E-state index is 12.6. The van der Waals surface area contributed by atoms with E-state index in [0.717, 1.165) is 41.7 Å². The number of aryl methyl sites for hydroxylation is 1. The maximum Gasteiger partial charge on any atom is 0.253 e. The van der Waals surface area contributed by atoms with Gasteiger partial charge >= 0.3 is 0 Å². The predicted molar refractivity (Wildman–Crippen MR) is 85.5 cm³/mol. The van der Waals surface area contributed by atoms with Crippen LogP contribution in [-0.2, 0) is 0 Å². The van der Waals surface area contributed by atoms with Crippen molar-refractivity contribution in [3.63, 3.8) is 0 Å². The average molecular weight is 317 g/mol. The van der Waals surface area contributed by atoms with E-state index in [4.69, 9.17) is 4.74 Å². The van der Waals surface area contributed by atoms with Gasteiger partial charge in [-0.3, -0.25) is 4.79 Å². The van der Waals surface area contributed by atoms with Gasteiger partial charge in [0.15, 0.2) is 0 Å². The number of benzene rings is 1. The molecule has 0 saturated carbocycles. The molecule has 1 aliphatic heterocycles. The van der Waals surface area contributed by atoms with E-state index in [0.29, 0.717) is 11.5 Å². The fourth-order valence-electron chi connectivity index (χ4n) is 2.76. The summed E-state index contributed by atoms with van der Waals surface area (Å²) in [5.74, 6) is 1.15. The molecule has 0 spiro atoms. The first-order chi connectivity index (χ1) is 10.7. The fraction of sp³-hybridized carbons (Fsp3) is 0.438. The maximum atomic E-state index is 12.6. The number of likely N-dealkylation sites (tertiary alicyclic amines) is 1. The number of carbonyl (C=O) groups excluding carboxylic acids is 1. The molecule has 1 fully saturated rings. The van der Waals surface area contributed by atoms with E-state index in [1.165, 1.54) is 0 Å². The largest absolute Gasteiger partial charge is 0.497 e. The number of methoxy groups -OCH3 is 1. The topological polar surface area (TPSA) is 55.3 Å². The van der Waals surface area contributed by atoms with Gasteiger partial charge in [0.1, 0.15) is 15.8 Å². The molecule has 3 rings (SSSR count). The number of rotatable bonds is 3. The third kappa shape index (κ3) is 3.11. The number of aromatic nitrogens is 2. The number of nitrogens with zero attached hydrogens (tertiary/aromatic N) is 3. The lowest BCUT2D eigenvalue weighted by atomic mass is 9.98. The van der Waals surface area contributed by atoms with Gasteiger partial charge in [-0.05, 0) is 44.0 Å². The summed E-state index contributed by atoms with van der Waals surface area (Å²) in [6, 6.07) is 7.28. The van der Waals surface area contributed by atoms with Gasteiger partial charge in [-0.15, -0.1) is 21.5 Å². The van der Waals surface area contributed by atoms with Crippen LogP contribution in [0.2, 0.25) is 0 Å². The van der Waals surface area contributed by atoms with Crippen molar-refractivity contribution in [3.05, 3.63) is 39.8 Å². The molecule has 2 heterocycles. The van der Waals surface area contributed by atoms with Gasteiger partial charge in [0.05, 0.1) is 7.11 Å². The van der Waals surface area contributed by atoms with E-state index in [1.54, 1.807) is 18.4 Å². The number of carbonyl (C=O) groups is 1.